The number of nitrogens with zero attached hydrogens (tertiary/aromatic N) is 1. The molecule has 3 rings (SSSR count). The molecule has 0 aliphatic carbocycles. The minimum atomic E-state index is -4.71. The third-order valence-corrected chi connectivity index (χ3v) is 5.32. The van der Waals surface area contributed by atoms with E-state index in [0.29, 0.717) is 6.61 Å². The van der Waals surface area contributed by atoms with Crippen LogP contribution < -0.4 is 4.74 Å². The SMILES string of the molecule is CCOC(=O)CC(c1ccc(C)cc1)N1CCCC1c1ccc(OC(F)(F)F)cc1. The Bertz CT molecular complexity index is 834. The summed E-state index contributed by atoms with van der Waals surface area (Å²) in [6.07, 6.45) is -2.68. The van der Waals surface area contributed by atoms with E-state index in [9.17, 15) is 18.0 Å². The van der Waals surface area contributed by atoms with Gasteiger partial charge >= 0.3 is 12.3 Å². The molecular weight excluding hydrogens is 395 g/mol. The van der Waals surface area contributed by atoms with Crippen LogP contribution in [-0.4, -0.2) is 30.4 Å². The molecule has 0 aromatic heterocycles. The van der Waals surface area contributed by atoms with Crippen molar-refractivity contribution in [2.45, 2.75) is 51.6 Å². The second-order valence-corrected chi connectivity index (χ2v) is 7.45. The highest BCUT2D eigenvalue weighted by Crippen LogP contribution is 2.41. The van der Waals surface area contributed by atoms with Gasteiger partial charge in [0.05, 0.1) is 13.0 Å². The van der Waals surface area contributed by atoms with Crippen molar-refractivity contribution in [2.75, 3.05) is 13.2 Å². The number of carbonyl (C=O) groups is 1. The average molecular weight is 421 g/mol. The van der Waals surface area contributed by atoms with Crippen molar-refractivity contribution in [2.24, 2.45) is 0 Å². The van der Waals surface area contributed by atoms with Gasteiger partial charge < -0.3 is 9.47 Å². The molecule has 1 aliphatic rings. The Morgan fingerprint density at radius 3 is 2.40 bits per heavy atom. The molecule has 0 saturated carbocycles. The minimum absolute atomic E-state index is 0.00525. The second-order valence-electron chi connectivity index (χ2n) is 7.45. The van der Waals surface area contributed by atoms with E-state index in [0.717, 1.165) is 36.1 Å². The summed E-state index contributed by atoms with van der Waals surface area (Å²) in [6, 6.07) is 13.9. The molecule has 0 N–H and O–H groups in total. The van der Waals surface area contributed by atoms with E-state index in [2.05, 4.69) is 9.64 Å². The molecule has 1 aliphatic heterocycles. The van der Waals surface area contributed by atoms with Gasteiger partial charge in [-0.3, -0.25) is 9.69 Å². The third-order valence-electron chi connectivity index (χ3n) is 5.32. The summed E-state index contributed by atoms with van der Waals surface area (Å²) in [5, 5.41) is 0. The van der Waals surface area contributed by atoms with Gasteiger partial charge in [0.25, 0.3) is 0 Å². The lowest BCUT2D eigenvalue weighted by Gasteiger charge is -2.33. The van der Waals surface area contributed by atoms with Crippen LogP contribution in [0, 0.1) is 6.92 Å². The highest BCUT2D eigenvalue weighted by molar-refractivity contribution is 5.70. The van der Waals surface area contributed by atoms with Crippen molar-refractivity contribution in [1.29, 1.82) is 0 Å². The van der Waals surface area contributed by atoms with E-state index in [1.807, 2.05) is 31.2 Å². The summed E-state index contributed by atoms with van der Waals surface area (Å²) in [6.45, 7) is 4.91. The lowest BCUT2D eigenvalue weighted by atomic mass is 9.97. The normalized spacial score (nSPS) is 18.2. The zero-order valence-corrected chi connectivity index (χ0v) is 17.1. The van der Waals surface area contributed by atoms with Crippen molar-refractivity contribution >= 4 is 5.97 Å². The fourth-order valence-corrected chi connectivity index (χ4v) is 4.00. The molecular formula is C23H26F3NO3. The smallest absolute Gasteiger partial charge is 0.466 e. The second kappa shape index (κ2) is 9.51. The fourth-order valence-electron chi connectivity index (χ4n) is 4.00. The maximum Gasteiger partial charge on any atom is 0.573 e. The number of ether oxygens (including phenoxy) is 2. The average Bonchev–Trinajstić information content (AvgIpc) is 3.16. The molecule has 0 amide bonds. The predicted octanol–water partition coefficient (Wildman–Crippen LogP) is 5.73. The first-order chi connectivity index (χ1) is 14.3. The van der Waals surface area contributed by atoms with Crippen LogP contribution in [0.5, 0.6) is 5.75 Å². The molecule has 0 bridgehead atoms. The number of halogens is 3. The molecule has 7 heteroatoms. The zero-order valence-electron chi connectivity index (χ0n) is 17.1. The van der Waals surface area contributed by atoms with Crippen LogP contribution in [0.1, 0.15) is 55.0 Å². The monoisotopic (exact) mass is 421 g/mol. The highest BCUT2D eigenvalue weighted by atomic mass is 19.4. The van der Waals surface area contributed by atoms with Crippen molar-refractivity contribution < 1.29 is 27.4 Å². The van der Waals surface area contributed by atoms with E-state index >= 15 is 0 Å². The van der Waals surface area contributed by atoms with Gasteiger partial charge in [0.1, 0.15) is 5.75 Å². The molecule has 0 radical (unpaired) electrons. The van der Waals surface area contributed by atoms with E-state index in [-0.39, 0.29) is 30.2 Å². The molecule has 162 valence electrons. The van der Waals surface area contributed by atoms with Crippen LogP contribution in [0.15, 0.2) is 48.5 Å². The fraction of sp³-hybridized carbons (Fsp3) is 0.435. The number of alkyl halides is 3. The molecule has 2 aromatic carbocycles. The molecule has 1 heterocycles. The van der Waals surface area contributed by atoms with E-state index in [1.165, 1.54) is 12.1 Å². The van der Waals surface area contributed by atoms with E-state index in [1.54, 1.807) is 19.1 Å². The van der Waals surface area contributed by atoms with E-state index < -0.39 is 6.36 Å². The highest BCUT2D eigenvalue weighted by Gasteiger charge is 2.35. The van der Waals surface area contributed by atoms with Crippen molar-refractivity contribution in [3.05, 3.63) is 65.2 Å². The first kappa shape index (κ1) is 22.2. The first-order valence-electron chi connectivity index (χ1n) is 10.1. The van der Waals surface area contributed by atoms with Gasteiger partial charge in [-0.05, 0) is 56.5 Å². The van der Waals surface area contributed by atoms with Gasteiger partial charge in [-0.2, -0.15) is 0 Å². The predicted molar refractivity (Wildman–Crippen MR) is 107 cm³/mol. The van der Waals surface area contributed by atoms with Crippen LogP contribution >= 0.6 is 0 Å². The summed E-state index contributed by atoms with van der Waals surface area (Å²) >= 11 is 0. The number of aryl methyl sites for hydroxylation is 1. The number of benzene rings is 2. The number of carbonyl (C=O) groups excluding carboxylic acids is 1. The Morgan fingerprint density at radius 1 is 1.13 bits per heavy atom. The van der Waals surface area contributed by atoms with Gasteiger partial charge in [0.15, 0.2) is 0 Å². The lowest BCUT2D eigenvalue weighted by Crippen LogP contribution is -2.30. The summed E-state index contributed by atoms with van der Waals surface area (Å²) in [5.41, 5.74) is 3.06. The summed E-state index contributed by atoms with van der Waals surface area (Å²) in [7, 11) is 0. The van der Waals surface area contributed by atoms with E-state index in [4.69, 9.17) is 4.74 Å². The van der Waals surface area contributed by atoms with Crippen LogP contribution in [0.3, 0.4) is 0 Å². The number of esters is 1. The molecule has 30 heavy (non-hydrogen) atoms. The molecule has 4 nitrogen and oxygen atoms in total. The number of likely N-dealkylation sites (tertiary alicyclic amines) is 1. The Kier molecular flexibility index (Phi) is 7.02. The van der Waals surface area contributed by atoms with Gasteiger partial charge in [-0.25, -0.2) is 0 Å². The Balaban J connectivity index is 1.85. The van der Waals surface area contributed by atoms with Crippen molar-refractivity contribution in [1.82, 2.24) is 4.90 Å². The van der Waals surface area contributed by atoms with Crippen molar-refractivity contribution in [3.8, 4) is 5.75 Å². The Hall–Kier alpha value is -2.54. The first-order valence-corrected chi connectivity index (χ1v) is 10.1. The summed E-state index contributed by atoms with van der Waals surface area (Å²) in [5.74, 6) is -0.500. The largest absolute Gasteiger partial charge is 0.573 e. The molecule has 2 aromatic rings. The standard InChI is InChI=1S/C23H26F3NO3/c1-3-29-22(28)15-21(18-8-6-16(2)7-9-18)27-14-4-5-20(27)17-10-12-19(13-11-17)30-23(24,25)26/h6-13,20-21H,3-5,14-15H2,1-2H3. The van der Waals surface area contributed by atoms with Crippen LogP contribution in [0.4, 0.5) is 13.2 Å². The van der Waals surface area contributed by atoms with Gasteiger partial charge in [-0.15, -0.1) is 13.2 Å². The maximum atomic E-state index is 12.4. The van der Waals surface area contributed by atoms with Gasteiger partial charge in [-0.1, -0.05) is 42.0 Å². The van der Waals surface area contributed by atoms with Crippen molar-refractivity contribution in [3.63, 3.8) is 0 Å². The van der Waals surface area contributed by atoms with Gasteiger partial charge in [0.2, 0.25) is 0 Å². The number of hydrogen-bond acceptors (Lipinski definition) is 4. The number of rotatable bonds is 7. The minimum Gasteiger partial charge on any atom is -0.466 e. The van der Waals surface area contributed by atoms with Crippen LogP contribution in [0.2, 0.25) is 0 Å². The maximum absolute atomic E-state index is 12.4. The number of hydrogen-bond donors (Lipinski definition) is 0. The summed E-state index contributed by atoms with van der Waals surface area (Å²) < 4.78 is 46.5. The molecule has 2 unspecified atom stereocenters. The lowest BCUT2D eigenvalue weighted by molar-refractivity contribution is -0.274. The molecule has 0 spiro atoms. The quantitative estimate of drug-likeness (QED) is 0.536. The third kappa shape index (κ3) is 5.75. The summed E-state index contributed by atoms with van der Waals surface area (Å²) in [4.78, 5) is 14.6. The van der Waals surface area contributed by atoms with Crippen LogP contribution in [-0.2, 0) is 9.53 Å². The topological polar surface area (TPSA) is 38.8 Å². The molecule has 2 atom stereocenters. The molecule has 1 saturated heterocycles. The molecule has 1 fully saturated rings. The van der Waals surface area contributed by atoms with Gasteiger partial charge in [0, 0.05) is 12.1 Å². The Labute approximate surface area is 174 Å². The zero-order chi connectivity index (χ0) is 21.7. The Morgan fingerprint density at radius 2 is 1.80 bits per heavy atom. The van der Waals surface area contributed by atoms with Crippen LogP contribution in [0.25, 0.3) is 0 Å².